The topological polar surface area (TPSA) is 78.3 Å². The SMILES string of the molecule is C/C=C(\C/C=C\C(C)OC)NC.CCSc1nnc2n1-c1sc3c(c1C(=O)C2CC)CC(C)(C)OC3.Cc1ccccc1. The minimum absolute atomic E-state index is 0.194. The molecule has 0 aliphatic carbocycles. The molecule has 2 aliphatic heterocycles. The molecular weight excluding hydrogens is 577 g/mol. The Labute approximate surface area is 266 Å². The molecule has 0 fully saturated rings. The highest BCUT2D eigenvalue weighted by atomic mass is 32.2. The van der Waals surface area contributed by atoms with Crippen molar-refractivity contribution in [1.82, 2.24) is 20.1 Å². The maximum Gasteiger partial charge on any atom is 0.196 e. The van der Waals surface area contributed by atoms with Crippen LogP contribution in [0.2, 0.25) is 0 Å². The van der Waals surface area contributed by atoms with E-state index in [9.17, 15) is 4.79 Å². The van der Waals surface area contributed by atoms with E-state index in [1.807, 2.05) is 46.0 Å². The number of nitrogens with one attached hydrogen (secondary N) is 1. The fourth-order valence-corrected chi connectivity index (χ4v) is 6.87. The van der Waals surface area contributed by atoms with E-state index in [2.05, 4.69) is 78.1 Å². The molecule has 7 nitrogen and oxygen atoms in total. The van der Waals surface area contributed by atoms with Crippen LogP contribution in [0.15, 0.2) is 59.4 Å². The summed E-state index contributed by atoms with van der Waals surface area (Å²) in [6.07, 6.45) is 8.92. The van der Waals surface area contributed by atoms with Crippen LogP contribution in [0.25, 0.3) is 5.00 Å². The first-order valence-corrected chi connectivity index (χ1v) is 16.9. The minimum Gasteiger partial charge on any atom is -0.391 e. The molecule has 0 radical (unpaired) electrons. The lowest BCUT2D eigenvalue weighted by Gasteiger charge is -2.31. The van der Waals surface area contributed by atoms with E-state index >= 15 is 0 Å². The van der Waals surface area contributed by atoms with Crippen molar-refractivity contribution < 1.29 is 14.3 Å². The van der Waals surface area contributed by atoms with Crippen molar-refractivity contribution >= 4 is 28.9 Å². The first kappa shape index (κ1) is 34.8. The Bertz CT molecular complexity index is 1390. The number of carbonyl (C=O) groups is 1. The van der Waals surface area contributed by atoms with Gasteiger partial charge in [0.15, 0.2) is 10.9 Å². The quantitative estimate of drug-likeness (QED) is 0.201. The van der Waals surface area contributed by atoms with Gasteiger partial charge >= 0.3 is 0 Å². The van der Waals surface area contributed by atoms with Crippen LogP contribution in [-0.4, -0.2) is 52.2 Å². The lowest BCUT2D eigenvalue weighted by molar-refractivity contribution is -0.0383. The van der Waals surface area contributed by atoms with Crippen molar-refractivity contribution in [2.45, 2.75) is 97.1 Å². The van der Waals surface area contributed by atoms with Gasteiger partial charge in [0.05, 0.1) is 29.8 Å². The molecule has 4 heterocycles. The molecule has 1 N–H and O–H groups in total. The van der Waals surface area contributed by atoms with Crippen molar-refractivity contribution in [1.29, 1.82) is 0 Å². The number of hydrogen-bond donors (Lipinski definition) is 1. The van der Waals surface area contributed by atoms with E-state index in [1.165, 1.54) is 21.7 Å². The van der Waals surface area contributed by atoms with Crippen LogP contribution in [0.1, 0.15) is 92.5 Å². The maximum atomic E-state index is 13.2. The number of Topliss-reactive ketones (excluding diaryl/α,β-unsaturated/α-hetero) is 1. The Morgan fingerprint density at radius 1 is 1.28 bits per heavy atom. The van der Waals surface area contributed by atoms with Crippen molar-refractivity contribution in [3.8, 4) is 5.00 Å². The van der Waals surface area contributed by atoms with E-state index in [0.717, 1.165) is 46.6 Å². The second-order valence-electron chi connectivity index (χ2n) is 11.1. The molecule has 0 spiro atoms. The summed E-state index contributed by atoms with van der Waals surface area (Å²) in [6.45, 7) is 15.0. The van der Waals surface area contributed by atoms with Gasteiger partial charge in [-0.25, -0.2) is 0 Å². The van der Waals surface area contributed by atoms with E-state index in [0.29, 0.717) is 6.61 Å². The van der Waals surface area contributed by atoms with Crippen LogP contribution < -0.4 is 5.32 Å². The van der Waals surface area contributed by atoms with Crippen LogP contribution >= 0.6 is 23.1 Å². The third kappa shape index (κ3) is 8.91. The maximum absolute atomic E-state index is 13.2. The van der Waals surface area contributed by atoms with E-state index in [1.54, 1.807) is 30.2 Å². The molecule has 2 aliphatic rings. The normalized spacial score (nSPS) is 17.6. The van der Waals surface area contributed by atoms with Gasteiger partial charge < -0.3 is 14.8 Å². The van der Waals surface area contributed by atoms with Gasteiger partial charge in [-0.15, -0.1) is 21.5 Å². The Morgan fingerprint density at radius 2 is 2.00 bits per heavy atom. The molecule has 0 saturated carbocycles. The number of ether oxygens (including phenoxy) is 2. The zero-order chi connectivity index (χ0) is 31.6. The van der Waals surface area contributed by atoms with Crippen molar-refractivity contribution in [2.24, 2.45) is 0 Å². The van der Waals surface area contributed by atoms with Gasteiger partial charge in [0.25, 0.3) is 0 Å². The van der Waals surface area contributed by atoms with E-state index < -0.39 is 0 Å². The van der Waals surface area contributed by atoms with Crippen LogP contribution in [0.5, 0.6) is 0 Å². The van der Waals surface area contributed by atoms with Gasteiger partial charge in [-0.1, -0.05) is 79.7 Å². The van der Waals surface area contributed by atoms with Gasteiger partial charge in [0.2, 0.25) is 0 Å². The molecule has 0 bridgehead atoms. The number of allylic oxidation sites excluding steroid dienone is 2. The fraction of sp³-hybridized carbons (Fsp3) is 0.500. The van der Waals surface area contributed by atoms with E-state index in [-0.39, 0.29) is 23.4 Å². The number of rotatable bonds is 8. The number of hydrogen-bond acceptors (Lipinski definition) is 8. The number of thioether (sulfide) groups is 1. The Kier molecular flexibility index (Phi) is 13.2. The van der Waals surface area contributed by atoms with Gasteiger partial charge in [-0.3, -0.25) is 9.36 Å². The van der Waals surface area contributed by atoms with Crippen LogP contribution in [0.3, 0.4) is 0 Å². The summed E-state index contributed by atoms with van der Waals surface area (Å²) >= 11 is 3.34. The molecule has 9 heteroatoms. The van der Waals surface area contributed by atoms with Crippen LogP contribution in [0, 0.1) is 6.92 Å². The van der Waals surface area contributed by atoms with Crippen LogP contribution in [0.4, 0.5) is 0 Å². The molecule has 1 aromatic carbocycles. The molecule has 2 atom stereocenters. The van der Waals surface area contributed by atoms with Gasteiger partial charge in [0.1, 0.15) is 10.8 Å². The first-order chi connectivity index (χ1) is 20.6. The molecule has 0 saturated heterocycles. The standard InChI is InChI=1S/C17H21N3O2S2.C10H19NO.C7H8/c1-5-9-13(21)12-10-7-17(3,4)22-8-11(10)24-15(12)20-14(9)18-19-16(20)23-6-2;1-5-10(11-3)8-6-7-9(2)12-4;1-7-5-3-2-4-6-7/h9H,5-8H2,1-4H3;5-7,9,11H,8H2,1-4H3;2-6H,1H3/b;7-6-,10-5+;. The summed E-state index contributed by atoms with van der Waals surface area (Å²) in [5.41, 5.74) is 4.40. The van der Waals surface area contributed by atoms with Crippen molar-refractivity contribution in [3.05, 3.63) is 81.6 Å². The highest BCUT2D eigenvalue weighted by Gasteiger charge is 2.41. The lowest BCUT2D eigenvalue weighted by Crippen LogP contribution is -2.33. The molecule has 0 amide bonds. The van der Waals surface area contributed by atoms with Crippen molar-refractivity contribution in [3.63, 3.8) is 0 Å². The average molecular weight is 625 g/mol. The van der Waals surface area contributed by atoms with Gasteiger partial charge in [-0.2, -0.15) is 0 Å². The molecule has 2 unspecified atom stereocenters. The molecule has 5 rings (SSSR count). The number of carbonyl (C=O) groups excluding carboxylic acids is 1. The number of aromatic nitrogens is 3. The summed E-state index contributed by atoms with van der Waals surface area (Å²) in [6, 6.07) is 10.3. The van der Waals surface area contributed by atoms with Crippen molar-refractivity contribution in [2.75, 3.05) is 19.9 Å². The van der Waals surface area contributed by atoms with E-state index in [4.69, 9.17) is 9.47 Å². The third-order valence-corrected chi connectivity index (χ3v) is 9.41. The second kappa shape index (κ2) is 16.4. The predicted molar refractivity (Wildman–Crippen MR) is 180 cm³/mol. The summed E-state index contributed by atoms with van der Waals surface area (Å²) in [4.78, 5) is 14.4. The monoisotopic (exact) mass is 624 g/mol. The van der Waals surface area contributed by atoms with Gasteiger partial charge in [0, 0.05) is 37.6 Å². The molecule has 2 aromatic heterocycles. The zero-order valence-electron chi connectivity index (χ0n) is 27.2. The Hall–Kier alpha value is -2.72. The first-order valence-electron chi connectivity index (χ1n) is 15.1. The fourth-order valence-electron chi connectivity index (χ4n) is 4.89. The number of ketones is 1. The summed E-state index contributed by atoms with van der Waals surface area (Å²) in [7, 11) is 3.65. The highest BCUT2D eigenvalue weighted by molar-refractivity contribution is 7.99. The molecular formula is C34H48N4O3S2. The summed E-state index contributed by atoms with van der Waals surface area (Å²) < 4.78 is 13.2. The summed E-state index contributed by atoms with van der Waals surface area (Å²) in [5, 5.41) is 13.7. The Morgan fingerprint density at radius 3 is 2.56 bits per heavy atom. The molecule has 3 aromatic rings. The van der Waals surface area contributed by atoms with Crippen LogP contribution in [-0.2, 0) is 22.5 Å². The Balaban J connectivity index is 0.000000222. The number of methoxy groups -OCH3 is 1. The third-order valence-electron chi connectivity index (χ3n) is 7.41. The number of fused-ring (bicyclic) bond motifs is 5. The summed E-state index contributed by atoms with van der Waals surface area (Å²) in [5.74, 6) is 1.74. The second-order valence-corrected chi connectivity index (χ2v) is 13.4. The number of thiophene rings is 1. The molecule has 43 heavy (non-hydrogen) atoms. The largest absolute Gasteiger partial charge is 0.391 e. The number of aryl methyl sites for hydroxylation is 1. The average Bonchev–Trinajstić information content (AvgIpc) is 3.57. The zero-order valence-corrected chi connectivity index (χ0v) is 28.8. The number of benzene rings is 1. The predicted octanol–water partition coefficient (Wildman–Crippen LogP) is 8.07. The van der Waals surface area contributed by atoms with Gasteiger partial charge in [-0.05, 0) is 52.4 Å². The smallest absolute Gasteiger partial charge is 0.196 e. The number of nitrogens with zero attached hydrogens (tertiary/aromatic N) is 3. The molecule has 234 valence electrons. The minimum atomic E-state index is -0.224. The lowest BCUT2D eigenvalue weighted by atomic mass is 9.86. The highest BCUT2D eigenvalue weighted by Crippen LogP contribution is 2.46.